The van der Waals surface area contributed by atoms with Crippen molar-refractivity contribution in [3.8, 4) is 0 Å². The van der Waals surface area contributed by atoms with Crippen LogP contribution in [0, 0.1) is 29.1 Å². The zero-order chi connectivity index (χ0) is 31.1. The van der Waals surface area contributed by atoms with Crippen LogP contribution in [0.3, 0.4) is 0 Å². The average molecular weight is 614 g/mol. The third-order valence-corrected chi connectivity index (χ3v) is 9.00. The fourth-order valence-corrected chi connectivity index (χ4v) is 6.48. The molecule has 3 aliphatic rings. The number of nitrogens with zero attached hydrogens (tertiary/aromatic N) is 3. The van der Waals surface area contributed by atoms with Gasteiger partial charge in [0.2, 0.25) is 5.91 Å². The summed E-state index contributed by atoms with van der Waals surface area (Å²) in [5.74, 6) is -2.66. The maximum absolute atomic E-state index is 13.6. The number of methoxy groups -OCH3 is 1. The monoisotopic (exact) mass is 613 g/mol. The standard InChI is InChI=1S/C31H34F3N5O5/c1-43-28(41)30(13-22(31(32,33)34)15-35-27(30)40)12-19-11-24-37-23(16-39(24)36-14-19)26(25(20-7-8-20)21-9-10-21)38-29(42)44-17-18-5-3-2-4-6-18/h2-6,11,14,16,20-22,25-26H,7-10,12-13,15,17H2,1H3,(H,35,40)(H,38,42)/t22-,26-,30?/m1/s1. The summed E-state index contributed by atoms with van der Waals surface area (Å²) >= 11 is 0. The number of esters is 1. The SMILES string of the molecule is COC(=O)C1(Cc2cnn3cc([C@@H](NC(=O)OCc4ccccc4)C(C4CC4)C4CC4)nc3c2)C[C@@H](C(F)(F)F)CNC1=O. The first-order valence-electron chi connectivity index (χ1n) is 14.8. The van der Waals surface area contributed by atoms with Crippen LogP contribution >= 0.6 is 0 Å². The van der Waals surface area contributed by atoms with Crippen LogP contribution in [0.2, 0.25) is 0 Å². The number of ether oxygens (including phenoxy) is 2. The topological polar surface area (TPSA) is 124 Å². The summed E-state index contributed by atoms with van der Waals surface area (Å²) < 4.78 is 52.8. The highest BCUT2D eigenvalue weighted by Gasteiger charge is 2.56. The minimum Gasteiger partial charge on any atom is -0.468 e. The normalized spacial score (nSPS) is 22.8. The van der Waals surface area contributed by atoms with Gasteiger partial charge in [0, 0.05) is 6.54 Å². The van der Waals surface area contributed by atoms with Crippen molar-refractivity contribution < 1.29 is 37.0 Å². The van der Waals surface area contributed by atoms with Gasteiger partial charge in [-0.15, -0.1) is 0 Å². The summed E-state index contributed by atoms with van der Waals surface area (Å²) in [4.78, 5) is 43.6. The molecule has 0 radical (unpaired) electrons. The van der Waals surface area contributed by atoms with Crippen molar-refractivity contribution in [2.24, 2.45) is 29.1 Å². The molecule has 6 rings (SSSR count). The second kappa shape index (κ2) is 11.7. The zero-order valence-corrected chi connectivity index (χ0v) is 24.2. The summed E-state index contributed by atoms with van der Waals surface area (Å²) in [6.07, 6.45) is 1.19. The highest BCUT2D eigenvalue weighted by atomic mass is 19.4. The van der Waals surface area contributed by atoms with Crippen LogP contribution < -0.4 is 10.6 Å². The van der Waals surface area contributed by atoms with Crippen molar-refractivity contribution in [1.29, 1.82) is 0 Å². The number of benzene rings is 1. The number of amides is 2. The number of hydrogen-bond acceptors (Lipinski definition) is 7. The second-order valence-corrected chi connectivity index (χ2v) is 12.2. The molecule has 13 heteroatoms. The van der Waals surface area contributed by atoms with Gasteiger partial charge in [-0.2, -0.15) is 18.3 Å². The molecule has 2 aromatic heterocycles. The molecule has 1 aromatic carbocycles. The first-order valence-corrected chi connectivity index (χ1v) is 14.8. The molecule has 2 amide bonds. The summed E-state index contributed by atoms with van der Waals surface area (Å²) in [5.41, 5.74) is 0.104. The van der Waals surface area contributed by atoms with E-state index in [0.29, 0.717) is 28.7 Å². The van der Waals surface area contributed by atoms with E-state index in [1.807, 2.05) is 30.3 Å². The van der Waals surface area contributed by atoms with Gasteiger partial charge in [-0.25, -0.2) is 14.3 Å². The molecule has 1 aliphatic heterocycles. The number of fused-ring (bicyclic) bond motifs is 1. The van der Waals surface area contributed by atoms with Crippen molar-refractivity contribution in [2.45, 2.75) is 57.3 Å². The van der Waals surface area contributed by atoms with Gasteiger partial charge in [-0.1, -0.05) is 30.3 Å². The van der Waals surface area contributed by atoms with Crippen molar-refractivity contribution >= 4 is 23.6 Å². The van der Waals surface area contributed by atoms with E-state index >= 15 is 0 Å². The number of hydrogen-bond donors (Lipinski definition) is 2. The lowest BCUT2D eigenvalue weighted by molar-refractivity contribution is -0.195. The summed E-state index contributed by atoms with van der Waals surface area (Å²) in [6, 6.07) is 10.5. The van der Waals surface area contributed by atoms with E-state index in [0.717, 1.165) is 38.4 Å². The lowest BCUT2D eigenvalue weighted by Gasteiger charge is -2.38. The van der Waals surface area contributed by atoms with Crippen LogP contribution in [-0.2, 0) is 32.1 Å². The Labute approximate surface area is 251 Å². The molecule has 44 heavy (non-hydrogen) atoms. The van der Waals surface area contributed by atoms with Gasteiger partial charge >= 0.3 is 18.2 Å². The van der Waals surface area contributed by atoms with Gasteiger partial charge in [-0.05, 0) is 73.5 Å². The first kappa shape index (κ1) is 29.9. The molecule has 1 saturated heterocycles. The predicted molar refractivity (Wildman–Crippen MR) is 150 cm³/mol. The molecule has 2 N–H and O–H groups in total. The van der Waals surface area contributed by atoms with E-state index in [9.17, 15) is 27.6 Å². The third-order valence-electron chi connectivity index (χ3n) is 9.00. The number of rotatable bonds is 10. The molecule has 1 unspecified atom stereocenters. The molecule has 2 aliphatic carbocycles. The highest BCUT2D eigenvalue weighted by Crippen LogP contribution is 2.54. The number of aromatic nitrogens is 3. The molecular formula is C31H34F3N5O5. The van der Waals surface area contributed by atoms with E-state index in [4.69, 9.17) is 14.5 Å². The Bertz CT molecular complexity index is 1520. The predicted octanol–water partition coefficient (Wildman–Crippen LogP) is 4.53. The molecule has 3 atom stereocenters. The maximum atomic E-state index is 13.6. The molecule has 2 saturated carbocycles. The van der Waals surface area contributed by atoms with E-state index in [2.05, 4.69) is 15.7 Å². The molecule has 3 fully saturated rings. The molecule has 3 heterocycles. The van der Waals surface area contributed by atoms with Crippen LogP contribution in [0.15, 0.2) is 48.8 Å². The van der Waals surface area contributed by atoms with Crippen LogP contribution in [0.4, 0.5) is 18.0 Å². The van der Waals surface area contributed by atoms with E-state index < -0.39 is 54.5 Å². The van der Waals surface area contributed by atoms with Gasteiger partial charge in [0.15, 0.2) is 11.1 Å². The van der Waals surface area contributed by atoms with Crippen molar-refractivity contribution in [3.63, 3.8) is 0 Å². The van der Waals surface area contributed by atoms with Gasteiger partial charge in [0.25, 0.3) is 0 Å². The van der Waals surface area contributed by atoms with Gasteiger partial charge < -0.3 is 20.1 Å². The third kappa shape index (κ3) is 6.22. The lowest BCUT2D eigenvalue weighted by Crippen LogP contribution is -2.57. The minimum absolute atomic E-state index is 0.123. The van der Waals surface area contributed by atoms with Crippen molar-refractivity contribution in [2.75, 3.05) is 13.7 Å². The first-order chi connectivity index (χ1) is 21.1. The molecule has 234 valence electrons. The fraction of sp³-hybridized carbons (Fsp3) is 0.516. The van der Waals surface area contributed by atoms with Crippen LogP contribution in [-0.4, -0.2) is 52.4 Å². The minimum atomic E-state index is -4.60. The number of nitrogens with one attached hydrogen (secondary N) is 2. The number of carbonyl (C=O) groups is 3. The Kier molecular flexibility index (Phi) is 7.97. The van der Waals surface area contributed by atoms with Crippen molar-refractivity contribution in [1.82, 2.24) is 25.2 Å². The lowest BCUT2D eigenvalue weighted by atomic mass is 9.71. The second-order valence-electron chi connectivity index (χ2n) is 12.2. The maximum Gasteiger partial charge on any atom is 0.408 e. The van der Waals surface area contributed by atoms with Gasteiger partial charge in [-0.3, -0.25) is 9.59 Å². The molecular weight excluding hydrogens is 579 g/mol. The number of carbonyl (C=O) groups excluding carboxylic acids is 3. The quantitative estimate of drug-likeness (QED) is 0.254. The molecule has 10 nitrogen and oxygen atoms in total. The number of alkyl halides is 3. The summed E-state index contributed by atoms with van der Waals surface area (Å²) in [7, 11) is 1.05. The molecule has 0 spiro atoms. The van der Waals surface area contributed by atoms with E-state index in [-0.39, 0.29) is 18.9 Å². The fourth-order valence-electron chi connectivity index (χ4n) is 6.48. The van der Waals surface area contributed by atoms with Crippen LogP contribution in [0.1, 0.15) is 55.0 Å². The largest absolute Gasteiger partial charge is 0.468 e. The Morgan fingerprint density at radius 2 is 1.84 bits per heavy atom. The van der Waals surface area contributed by atoms with Gasteiger partial charge in [0.05, 0.1) is 37.2 Å². The average Bonchev–Trinajstić information content (AvgIpc) is 3.95. The summed E-state index contributed by atoms with van der Waals surface area (Å²) in [5, 5.41) is 9.71. The zero-order valence-electron chi connectivity index (χ0n) is 24.2. The number of alkyl carbamates (subject to hydrolysis) is 1. The van der Waals surface area contributed by atoms with E-state index in [1.165, 1.54) is 10.7 Å². The number of halogens is 3. The molecule has 0 bridgehead atoms. The highest BCUT2D eigenvalue weighted by molar-refractivity contribution is 6.03. The Morgan fingerprint density at radius 1 is 1.14 bits per heavy atom. The van der Waals surface area contributed by atoms with Crippen molar-refractivity contribution in [3.05, 3.63) is 65.6 Å². The molecule has 3 aromatic rings. The van der Waals surface area contributed by atoms with Crippen LogP contribution in [0.5, 0.6) is 0 Å². The number of imidazole rings is 1. The van der Waals surface area contributed by atoms with Gasteiger partial charge in [0.1, 0.15) is 6.61 Å². The Hall–Kier alpha value is -4.16. The Balaban J connectivity index is 1.27. The van der Waals surface area contributed by atoms with E-state index in [1.54, 1.807) is 12.3 Å². The Morgan fingerprint density at radius 3 is 2.48 bits per heavy atom. The number of piperidine rings is 1. The smallest absolute Gasteiger partial charge is 0.408 e. The van der Waals surface area contributed by atoms with Crippen LogP contribution in [0.25, 0.3) is 5.65 Å². The summed E-state index contributed by atoms with van der Waals surface area (Å²) in [6.45, 7) is -0.481.